The largest absolute Gasteiger partial charge is 0.504 e. The third-order valence-corrected chi connectivity index (χ3v) is 4.90. The van der Waals surface area contributed by atoms with Crippen molar-refractivity contribution in [3.05, 3.63) is 51.6 Å². The van der Waals surface area contributed by atoms with Gasteiger partial charge in [-0.1, -0.05) is 18.2 Å². The molecule has 0 saturated heterocycles. The van der Waals surface area contributed by atoms with Crippen molar-refractivity contribution < 1.29 is 14.6 Å². The molecule has 0 aromatic heterocycles. The highest BCUT2D eigenvalue weighted by molar-refractivity contribution is 14.1. The predicted molar refractivity (Wildman–Crippen MR) is 101 cm³/mol. The van der Waals surface area contributed by atoms with Crippen LogP contribution in [0.1, 0.15) is 18.4 Å². The minimum Gasteiger partial charge on any atom is -0.504 e. The Kier molecular flexibility index (Phi) is 5.13. The molecule has 1 fully saturated rings. The maximum atomic E-state index is 12.7. The van der Waals surface area contributed by atoms with Crippen molar-refractivity contribution in [2.24, 2.45) is 0 Å². The minimum absolute atomic E-state index is 0.0995. The molecule has 0 spiro atoms. The van der Waals surface area contributed by atoms with E-state index in [2.05, 4.69) is 27.9 Å². The van der Waals surface area contributed by atoms with Gasteiger partial charge in [-0.25, -0.2) is 4.79 Å². The molecule has 0 unspecified atom stereocenters. The Balaban J connectivity index is 1.75. The molecule has 1 aliphatic rings. The van der Waals surface area contributed by atoms with Gasteiger partial charge >= 0.3 is 6.03 Å². The fourth-order valence-corrected chi connectivity index (χ4v) is 3.04. The lowest BCUT2D eigenvalue weighted by Crippen LogP contribution is -2.36. The number of halogens is 1. The molecule has 0 atom stereocenters. The van der Waals surface area contributed by atoms with E-state index in [9.17, 15) is 9.90 Å². The molecule has 3 rings (SSSR count). The van der Waals surface area contributed by atoms with Crippen LogP contribution in [0.2, 0.25) is 0 Å². The molecule has 2 aromatic carbocycles. The Morgan fingerprint density at radius 3 is 2.75 bits per heavy atom. The standard InChI is InChI=1S/C18H19IN2O3/c1-24-17-10-12(6-9-16(17)22)11-21(13-7-8-13)18(23)20-15-5-3-2-4-14(15)19/h2-6,9-10,13,22H,7-8,11H2,1H3,(H,20,23). The predicted octanol–water partition coefficient (Wildman–Crippen LogP) is 4.20. The van der Waals surface area contributed by atoms with Gasteiger partial charge in [-0.05, 0) is 65.3 Å². The Morgan fingerprint density at radius 1 is 1.33 bits per heavy atom. The number of phenols is 1. The number of para-hydroxylation sites is 1. The maximum absolute atomic E-state index is 12.7. The van der Waals surface area contributed by atoms with Gasteiger partial charge in [-0.15, -0.1) is 0 Å². The van der Waals surface area contributed by atoms with Crippen molar-refractivity contribution in [3.8, 4) is 11.5 Å². The van der Waals surface area contributed by atoms with Crippen LogP contribution in [-0.4, -0.2) is 29.2 Å². The summed E-state index contributed by atoms with van der Waals surface area (Å²) in [4.78, 5) is 14.5. The Labute approximate surface area is 154 Å². The molecule has 2 amide bonds. The Morgan fingerprint density at radius 2 is 2.08 bits per heavy atom. The van der Waals surface area contributed by atoms with Crippen LogP contribution in [-0.2, 0) is 6.54 Å². The lowest BCUT2D eigenvalue weighted by atomic mass is 10.2. The number of rotatable bonds is 5. The topological polar surface area (TPSA) is 61.8 Å². The van der Waals surface area contributed by atoms with Crippen LogP contribution < -0.4 is 10.1 Å². The van der Waals surface area contributed by atoms with Crippen molar-refractivity contribution >= 4 is 34.3 Å². The van der Waals surface area contributed by atoms with Crippen molar-refractivity contribution in [3.63, 3.8) is 0 Å². The number of nitrogens with one attached hydrogen (secondary N) is 1. The number of urea groups is 1. The van der Waals surface area contributed by atoms with Gasteiger partial charge in [0, 0.05) is 16.2 Å². The average molecular weight is 438 g/mol. The molecule has 2 aromatic rings. The second-order valence-electron chi connectivity index (χ2n) is 5.78. The van der Waals surface area contributed by atoms with Crippen molar-refractivity contribution in [1.29, 1.82) is 0 Å². The number of carbonyl (C=O) groups excluding carboxylic acids is 1. The molecule has 0 aliphatic heterocycles. The molecular weight excluding hydrogens is 419 g/mol. The molecule has 126 valence electrons. The first kappa shape index (κ1) is 16.9. The van der Waals surface area contributed by atoms with E-state index in [4.69, 9.17) is 4.74 Å². The van der Waals surface area contributed by atoms with Crippen LogP contribution in [0.5, 0.6) is 11.5 Å². The van der Waals surface area contributed by atoms with Gasteiger partial charge < -0.3 is 20.1 Å². The highest BCUT2D eigenvalue weighted by Crippen LogP contribution is 2.32. The fourth-order valence-electron chi connectivity index (χ4n) is 2.52. The summed E-state index contributed by atoms with van der Waals surface area (Å²) in [7, 11) is 1.52. The van der Waals surface area contributed by atoms with Crippen molar-refractivity contribution in [2.45, 2.75) is 25.4 Å². The van der Waals surface area contributed by atoms with E-state index in [1.165, 1.54) is 7.11 Å². The molecule has 0 heterocycles. The number of benzene rings is 2. The molecule has 2 N–H and O–H groups in total. The second kappa shape index (κ2) is 7.29. The van der Waals surface area contributed by atoms with Crippen molar-refractivity contribution in [1.82, 2.24) is 4.90 Å². The number of phenolic OH excluding ortho intramolecular Hbond substituents is 1. The highest BCUT2D eigenvalue weighted by Gasteiger charge is 2.33. The first-order valence-electron chi connectivity index (χ1n) is 7.76. The lowest BCUT2D eigenvalue weighted by Gasteiger charge is -2.23. The summed E-state index contributed by atoms with van der Waals surface area (Å²) in [6.07, 6.45) is 2.04. The van der Waals surface area contributed by atoms with Gasteiger partial charge in [-0.3, -0.25) is 0 Å². The van der Waals surface area contributed by atoms with Gasteiger partial charge in [0.15, 0.2) is 11.5 Å². The number of nitrogens with zero attached hydrogens (tertiary/aromatic N) is 1. The van der Waals surface area contributed by atoms with Crippen LogP contribution >= 0.6 is 22.6 Å². The Bertz CT molecular complexity index is 747. The summed E-state index contributed by atoms with van der Waals surface area (Å²) in [5.41, 5.74) is 1.74. The van der Waals surface area contributed by atoms with Crippen LogP contribution in [0.15, 0.2) is 42.5 Å². The van der Waals surface area contributed by atoms with Gasteiger partial charge in [0.25, 0.3) is 0 Å². The molecule has 6 heteroatoms. The number of carbonyl (C=O) groups is 1. The number of ether oxygens (including phenoxy) is 1. The van der Waals surface area contributed by atoms with E-state index in [1.54, 1.807) is 12.1 Å². The van der Waals surface area contributed by atoms with E-state index >= 15 is 0 Å². The molecule has 1 aliphatic carbocycles. The van der Waals surface area contributed by atoms with Crippen molar-refractivity contribution in [2.75, 3.05) is 12.4 Å². The second-order valence-corrected chi connectivity index (χ2v) is 6.94. The highest BCUT2D eigenvalue weighted by atomic mass is 127. The zero-order valence-corrected chi connectivity index (χ0v) is 15.5. The maximum Gasteiger partial charge on any atom is 0.322 e. The number of anilines is 1. The average Bonchev–Trinajstić information content (AvgIpc) is 3.41. The van der Waals surface area contributed by atoms with Crippen LogP contribution in [0, 0.1) is 3.57 Å². The number of amides is 2. The smallest absolute Gasteiger partial charge is 0.322 e. The SMILES string of the molecule is COc1cc(CN(C(=O)Nc2ccccc2I)C2CC2)ccc1O. The van der Waals surface area contributed by atoms with Gasteiger partial charge in [-0.2, -0.15) is 0 Å². The summed E-state index contributed by atoms with van der Waals surface area (Å²) in [6.45, 7) is 0.483. The zero-order valence-electron chi connectivity index (χ0n) is 13.3. The zero-order chi connectivity index (χ0) is 17.1. The number of hydrogen-bond donors (Lipinski definition) is 2. The third-order valence-electron chi connectivity index (χ3n) is 3.96. The van der Waals surface area contributed by atoms with Crippen LogP contribution in [0.3, 0.4) is 0 Å². The minimum atomic E-state index is -0.103. The van der Waals surface area contributed by atoms with E-state index in [1.807, 2.05) is 35.2 Å². The number of methoxy groups -OCH3 is 1. The molecule has 5 nitrogen and oxygen atoms in total. The molecular formula is C18H19IN2O3. The van der Waals surface area contributed by atoms with E-state index < -0.39 is 0 Å². The Hall–Kier alpha value is -1.96. The summed E-state index contributed by atoms with van der Waals surface area (Å²) < 4.78 is 6.15. The molecule has 0 bridgehead atoms. The van der Waals surface area contributed by atoms with E-state index in [0.717, 1.165) is 27.7 Å². The number of aromatic hydroxyl groups is 1. The van der Waals surface area contributed by atoms with Crippen LogP contribution in [0.25, 0.3) is 0 Å². The van der Waals surface area contributed by atoms with Crippen LogP contribution in [0.4, 0.5) is 10.5 Å². The first-order valence-corrected chi connectivity index (χ1v) is 8.84. The van der Waals surface area contributed by atoms with Gasteiger partial charge in [0.1, 0.15) is 0 Å². The van der Waals surface area contributed by atoms with E-state index in [0.29, 0.717) is 12.3 Å². The van der Waals surface area contributed by atoms with E-state index in [-0.39, 0.29) is 17.8 Å². The third kappa shape index (κ3) is 3.92. The molecule has 0 radical (unpaired) electrons. The monoisotopic (exact) mass is 438 g/mol. The summed E-state index contributed by atoms with van der Waals surface area (Å²) in [5.74, 6) is 0.517. The fraction of sp³-hybridized carbons (Fsp3) is 0.278. The summed E-state index contributed by atoms with van der Waals surface area (Å²) in [5, 5.41) is 12.7. The number of hydrogen-bond acceptors (Lipinski definition) is 3. The lowest BCUT2D eigenvalue weighted by molar-refractivity contribution is 0.206. The first-order chi connectivity index (χ1) is 11.6. The summed E-state index contributed by atoms with van der Waals surface area (Å²) >= 11 is 2.21. The molecule has 1 saturated carbocycles. The normalized spacial score (nSPS) is 13.4. The van der Waals surface area contributed by atoms with Gasteiger partial charge in [0.05, 0.1) is 12.8 Å². The molecule has 24 heavy (non-hydrogen) atoms. The quantitative estimate of drug-likeness (QED) is 0.688. The summed E-state index contributed by atoms with van der Waals surface area (Å²) in [6, 6.07) is 13.0. The van der Waals surface area contributed by atoms with Gasteiger partial charge in [0.2, 0.25) is 0 Å².